The third-order valence-corrected chi connectivity index (χ3v) is 1.17. The van der Waals surface area contributed by atoms with Crippen molar-refractivity contribution in [1.82, 2.24) is 0 Å². The molecular formula is C7H6ClY-. The van der Waals surface area contributed by atoms with Crippen LogP contribution in [0.3, 0.4) is 0 Å². The maximum absolute atomic E-state index is 5.58. The van der Waals surface area contributed by atoms with Crippen LogP contribution in [-0.4, -0.2) is 0 Å². The summed E-state index contributed by atoms with van der Waals surface area (Å²) >= 11 is 5.58. The van der Waals surface area contributed by atoms with Crippen molar-refractivity contribution >= 4 is 11.6 Å². The molecular weight excluding hydrogens is 208 g/mol. The Morgan fingerprint density at radius 1 is 1.44 bits per heavy atom. The summed E-state index contributed by atoms with van der Waals surface area (Å²) in [5.41, 5.74) is 1.12. The van der Waals surface area contributed by atoms with Gasteiger partial charge in [-0.05, 0) is 0 Å². The summed E-state index contributed by atoms with van der Waals surface area (Å²) in [6.07, 6.45) is 0. The van der Waals surface area contributed by atoms with Crippen molar-refractivity contribution in [1.29, 1.82) is 0 Å². The molecule has 1 radical (unpaired) electrons. The van der Waals surface area contributed by atoms with Gasteiger partial charge in [-0.25, -0.2) is 0 Å². The van der Waals surface area contributed by atoms with E-state index in [4.69, 9.17) is 11.6 Å². The van der Waals surface area contributed by atoms with Crippen LogP contribution >= 0.6 is 11.6 Å². The van der Waals surface area contributed by atoms with E-state index in [0.29, 0.717) is 0 Å². The second kappa shape index (κ2) is 4.43. The number of aryl methyl sites for hydroxylation is 1. The SMILES string of the molecule is Cc1[c-]cc(Cl)cc1.[Y]. The minimum atomic E-state index is 0. The Kier molecular flexibility index (Phi) is 4.74. The number of hydrogen-bond donors (Lipinski definition) is 0. The second-order valence-corrected chi connectivity index (χ2v) is 2.13. The van der Waals surface area contributed by atoms with Crippen molar-refractivity contribution < 1.29 is 32.7 Å². The maximum atomic E-state index is 5.58. The van der Waals surface area contributed by atoms with E-state index in [1.807, 2.05) is 19.1 Å². The summed E-state index contributed by atoms with van der Waals surface area (Å²) in [6, 6.07) is 8.52. The monoisotopic (exact) mass is 214 g/mol. The van der Waals surface area contributed by atoms with Gasteiger partial charge in [0.1, 0.15) is 0 Å². The summed E-state index contributed by atoms with van der Waals surface area (Å²) in [6.45, 7) is 1.98. The van der Waals surface area contributed by atoms with Gasteiger partial charge in [0.2, 0.25) is 0 Å². The maximum Gasteiger partial charge on any atom is 0 e. The third kappa shape index (κ3) is 3.34. The molecule has 9 heavy (non-hydrogen) atoms. The fourth-order valence-electron chi connectivity index (χ4n) is 0.484. The topological polar surface area (TPSA) is 0 Å². The van der Waals surface area contributed by atoms with Gasteiger partial charge in [0.05, 0.1) is 0 Å². The van der Waals surface area contributed by atoms with Crippen molar-refractivity contribution in [2.24, 2.45) is 0 Å². The Balaban J connectivity index is 0.000000640. The summed E-state index contributed by atoms with van der Waals surface area (Å²) < 4.78 is 0. The van der Waals surface area contributed by atoms with Crippen LogP contribution in [0.4, 0.5) is 0 Å². The van der Waals surface area contributed by atoms with E-state index < -0.39 is 0 Å². The quantitative estimate of drug-likeness (QED) is 0.582. The minimum Gasteiger partial charge on any atom is -0.179 e. The molecule has 1 aromatic carbocycles. The van der Waals surface area contributed by atoms with E-state index in [1.165, 1.54) is 0 Å². The Bertz CT molecular complexity index is 148. The molecule has 0 nitrogen and oxygen atoms in total. The Hall–Kier alpha value is 0.614. The molecule has 0 unspecified atom stereocenters. The fourth-order valence-corrected chi connectivity index (χ4v) is 0.601. The molecule has 0 aromatic heterocycles. The van der Waals surface area contributed by atoms with Crippen molar-refractivity contribution in [3.05, 3.63) is 34.9 Å². The first-order valence-corrected chi connectivity index (χ1v) is 2.80. The van der Waals surface area contributed by atoms with Crippen LogP contribution < -0.4 is 0 Å². The molecule has 45 valence electrons. The second-order valence-electron chi connectivity index (χ2n) is 1.69. The molecule has 2 heteroatoms. The molecule has 0 spiro atoms. The van der Waals surface area contributed by atoms with Gasteiger partial charge in [0, 0.05) is 32.7 Å². The molecule has 0 aliphatic rings. The van der Waals surface area contributed by atoms with Crippen LogP contribution in [0.2, 0.25) is 5.02 Å². The first-order valence-electron chi connectivity index (χ1n) is 2.43. The van der Waals surface area contributed by atoms with E-state index in [9.17, 15) is 0 Å². The summed E-state index contributed by atoms with van der Waals surface area (Å²) in [5.74, 6) is 0. The van der Waals surface area contributed by atoms with E-state index in [-0.39, 0.29) is 32.7 Å². The predicted octanol–water partition coefficient (Wildman–Crippen LogP) is 2.45. The summed E-state index contributed by atoms with van der Waals surface area (Å²) in [4.78, 5) is 0. The first kappa shape index (κ1) is 9.61. The van der Waals surface area contributed by atoms with Gasteiger partial charge in [-0.2, -0.15) is 41.4 Å². The van der Waals surface area contributed by atoms with Crippen molar-refractivity contribution in [3.8, 4) is 0 Å². The molecule has 0 N–H and O–H groups in total. The minimum absolute atomic E-state index is 0. The van der Waals surface area contributed by atoms with Crippen LogP contribution in [0, 0.1) is 13.0 Å². The smallest absolute Gasteiger partial charge is 0 e. The molecule has 0 saturated carbocycles. The van der Waals surface area contributed by atoms with Crippen LogP contribution in [0.25, 0.3) is 0 Å². The Labute approximate surface area is 85.5 Å². The van der Waals surface area contributed by atoms with Crippen molar-refractivity contribution in [2.45, 2.75) is 6.92 Å². The Morgan fingerprint density at radius 2 is 2.11 bits per heavy atom. The van der Waals surface area contributed by atoms with Gasteiger partial charge in [-0.1, -0.05) is 11.9 Å². The number of hydrogen-bond acceptors (Lipinski definition) is 0. The van der Waals surface area contributed by atoms with Crippen LogP contribution in [0.1, 0.15) is 5.56 Å². The largest absolute Gasteiger partial charge is 0.179 e. The van der Waals surface area contributed by atoms with E-state index >= 15 is 0 Å². The van der Waals surface area contributed by atoms with Crippen LogP contribution in [0.15, 0.2) is 18.2 Å². The molecule has 0 heterocycles. The van der Waals surface area contributed by atoms with Gasteiger partial charge in [-0.15, -0.1) is 0 Å². The van der Waals surface area contributed by atoms with E-state index in [1.54, 1.807) is 6.07 Å². The molecule has 1 rings (SSSR count). The van der Waals surface area contributed by atoms with Crippen molar-refractivity contribution in [3.63, 3.8) is 0 Å². The summed E-state index contributed by atoms with van der Waals surface area (Å²) in [7, 11) is 0. The standard InChI is InChI=1S/C7H6Cl.Y/c1-6-2-4-7(8)5-3-6;/h2,4-5H,1H3;/q-1;. The number of halogens is 1. The predicted molar refractivity (Wildman–Crippen MR) is 35.0 cm³/mol. The number of rotatable bonds is 0. The molecule has 0 aliphatic carbocycles. The summed E-state index contributed by atoms with van der Waals surface area (Å²) in [5, 5.41) is 0.746. The molecule has 0 amide bonds. The fraction of sp³-hybridized carbons (Fsp3) is 0.143. The third-order valence-electron chi connectivity index (χ3n) is 0.930. The normalized spacial score (nSPS) is 8.22. The molecule has 1 aromatic rings. The molecule has 0 aliphatic heterocycles. The molecule has 0 bridgehead atoms. The zero-order valence-corrected chi connectivity index (χ0v) is 8.78. The molecule has 0 atom stereocenters. The molecule has 0 saturated heterocycles. The number of benzene rings is 1. The van der Waals surface area contributed by atoms with Crippen LogP contribution in [0.5, 0.6) is 0 Å². The van der Waals surface area contributed by atoms with Crippen LogP contribution in [-0.2, 0) is 32.7 Å². The average Bonchev–Trinajstić information content (AvgIpc) is 1.77. The molecule has 0 fully saturated rings. The van der Waals surface area contributed by atoms with E-state index in [2.05, 4.69) is 6.07 Å². The zero-order valence-electron chi connectivity index (χ0n) is 5.19. The zero-order chi connectivity index (χ0) is 5.98. The van der Waals surface area contributed by atoms with Gasteiger partial charge in [0.15, 0.2) is 0 Å². The van der Waals surface area contributed by atoms with Gasteiger partial charge >= 0.3 is 0 Å². The van der Waals surface area contributed by atoms with E-state index in [0.717, 1.165) is 10.6 Å². The van der Waals surface area contributed by atoms with Gasteiger partial charge in [0.25, 0.3) is 0 Å². The average molecular weight is 214 g/mol. The Morgan fingerprint density at radius 3 is 2.44 bits per heavy atom. The van der Waals surface area contributed by atoms with Gasteiger partial charge in [-0.3, -0.25) is 0 Å². The van der Waals surface area contributed by atoms with Crippen molar-refractivity contribution in [2.75, 3.05) is 0 Å². The first-order chi connectivity index (χ1) is 3.79. The van der Waals surface area contributed by atoms with Gasteiger partial charge < -0.3 is 0 Å².